The van der Waals surface area contributed by atoms with Gasteiger partial charge in [0.1, 0.15) is 17.5 Å². The molecule has 0 aliphatic carbocycles. The first kappa shape index (κ1) is 12.5. The zero-order valence-corrected chi connectivity index (χ0v) is 10.9. The summed E-state index contributed by atoms with van der Waals surface area (Å²) < 4.78 is 5.52. The molecule has 0 unspecified atom stereocenters. The lowest BCUT2D eigenvalue weighted by atomic mass is 10.3. The number of pyridine rings is 1. The number of benzene rings is 1. The summed E-state index contributed by atoms with van der Waals surface area (Å²) >= 11 is 17.4. The van der Waals surface area contributed by atoms with Gasteiger partial charge in [0, 0.05) is 6.07 Å². The largest absolute Gasteiger partial charge is 0.487 e. The molecule has 0 saturated heterocycles. The molecule has 2 aromatic rings. The topological polar surface area (TPSA) is 22.1 Å². The Bertz CT molecular complexity index is 531. The summed E-state index contributed by atoms with van der Waals surface area (Å²) in [6.07, 6.45) is 0. The molecule has 17 heavy (non-hydrogen) atoms. The minimum absolute atomic E-state index is 0.332. The number of rotatable bonds is 3. The highest BCUT2D eigenvalue weighted by atomic mass is 35.5. The number of hydrogen-bond acceptors (Lipinski definition) is 2. The average molecular weight is 289 g/mol. The van der Waals surface area contributed by atoms with E-state index in [0.717, 1.165) is 5.69 Å². The van der Waals surface area contributed by atoms with Crippen LogP contribution in [0.25, 0.3) is 0 Å². The summed E-state index contributed by atoms with van der Waals surface area (Å²) in [5.74, 6) is 0.640. The number of ether oxygens (including phenoxy) is 1. The first-order valence-electron chi connectivity index (χ1n) is 4.84. The third-order valence-electron chi connectivity index (χ3n) is 2.05. The van der Waals surface area contributed by atoms with Crippen LogP contribution in [-0.4, -0.2) is 4.98 Å². The number of aromatic nitrogens is 1. The van der Waals surface area contributed by atoms with Gasteiger partial charge in [0.25, 0.3) is 0 Å². The second kappa shape index (κ2) is 5.58. The van der Waals surface area contributed by atoms with E-state index in [1.807, 2.05) is 12.1 Å². The van der Waals surface area contributed by atoms with Gasteiger partial charge < -0.3 is 4.74 Å². The van der Waals surface area contributed by atoms with Gasteiger partial charge in [-0.3, -0.25) is 0 Å². The molecule has 1 heterocycles. The zero-order chi connectivity index (χ0) is 12.3. The Balaban J connectivity index is 2.05. The Labute approximate surface area is 114 Å². The molecule has 0 spiro atoms. The molecule has 88 valence electrons. The Morgan fingerprint density at radius 3 is 2.53 bits per heavy atom. The molecule has 1 aromatic heterocycles. The lowest BCUT2D eigenvalue weighted by Crippen LogP contribution is -1.98. The Hall–Kier alpha value is -0.960. The molecule has 0 bridgehead atoms. The molecule has 0 aliphatic rings. The Morgan fingerprint density at radius 1 is 1.00 bits per heavy atom. The highest BCUT2D eigenvalue weighted by Crippen LogP contribution is 2.26. The molecular formula is C12H8Cl3NO. The van der Waals surface area contributed by atoms with Crippen LogP contribution < -0.4 is 4.74 Å². The molecule has 5 heteroatoms. The lowest BCUT2D eigenvalue weighted by molar-refractivity contribution is 0.301. The van der Waals surface area contributed by atoms with Gasteiger partial charge in [-0.15, -0.1) is 0 Å². The Kier molecular flexibility index (Phi) is 4.11. The van der Waals surface area contributed by atoms with E-state index in [1.165, 1.54) is 0 Å². The fourth-order valence-corrected chi connectivity index (χ4v) is 1.72. The minimum atomic E-state index is 0.332. The molecule has 0 aliphatic heterocycles. The summed E-state index contributed by atoms with van der Waals surface area (Å²) in [6.45, 7) is 0.332. The van der Waals surface area contributed by atoms with Gasteiger partial charge >= 0.3 is 0 Å². The number of hydrogen-bond donors (Lipinski definition) is 0. The maximum atomic E-state index is 5.87. The predicted molar refractivity (Wildman–Crippen MR) is 70.0 cm³/mol. The Morgan fingerprint density at radius 2 is 1.82 bits per heavy atom. The molecule has 0 N–H and O–H groups in total. The van der Waals surface area contributed by atoms with Crippen molar-refractivity contribution < 1.29 is 4.74 Å². The monoisotopic (exact) mass is 287 g/mol. The minimum Gasteiger partial charge on any atom is -0.487 e. The molecule has 0 saturated carbocycles. The fraction of sp³-hybridized carbons (Fsp3) is 0.0833. The van der Waals surface area contributed by atoms with Crippen LogP contribution >= 0.6 is 34.8 Å². The normalized spacial score (nSPS) is 10.3. The molecule has 1 aromatic carbocycles. The summed E-state index contributed by atoms with van der Waals surface area (Å²) in [5, 5.41) is 1.41. The second-order valence-corrected chi connectivity index (χ2v) is 4.52. The van der Waals surface area contributed by atoms with Crippen molar-refractivity contribution in [1.82, 2.24) is 4.98 Å². The van der Waals surface area contributed by atoms with Crippen LogP contribution in [0.3, 0.4) is 0 Å². The summed E-state index contributed by atoms with van der Waals surface area (Å²) in [6, 6.07) is 10.5. The van der Waals surface area contributed by atoms with E-state index in [1.54, 1.807) is 24.3 Å². The first-order valence-corrected chi connectivity index (χ1v) is 5.98. The van der Waals surface area contributed by atoms with Crippen LogP contribution in [-0.2, 0) is 6.61 Å². The molecular weight excluding hydrogens is 280 g/mol. The second-order valence-electron chi connectivity index (χ2n) is 3.32. The highest BCUT2D eigenvalue weighted by molar-refractivity contribution is 6.42. The van der Waals surface area contributed by atoms with Crippen molar-refractivity contribution in [3.63, 3.8) is 0 Å². The van der Waals surface area contributed by atoms with Gasteiger partial charge in [-0.2, -0.15) is 0 Å². The van der Waals surface area contributed by atoms with Crippen LogP contribution in [0.1, 0.15) is 5.69 Å². The maximum absolute atomic E-state index is 5.87. The molecule has 0 atom stereocenters. The summed E-state index contributed by atoms with van der Waals surface area (Å²) in [7, 11) is 0. The first-order chi connectivity index (χ1) is 8.15. The van der Waals surface area contributed by atoms with E-state index < -0.39 is 0 Å². The average Bonchev–Trinajstić information content (AvgIpc) is 2.31. The van der Waals surface area contributed by atoms with Crippen molar-refractivity contribution in [3.8, 4) is 5.75 Å². The van der Waals surface area contributed by atoms with E-state index in [9.17, 15) is 0 Å². The van der Waals surface area contributed by atoms with Gasteiger partial charge in [0.2, 0.25) is 0 Å². The SMILES string of the molecule is Clc1cccc(COc2ccc(Cl)c(Cl)c2)n1. The number of halogens is 3. The van der Waals surface area contributed by atoms with Gasteiger partial charge in [0.15, 0.2) is 0 Å². The standard InChI is InChI=1S/C12H8Cl3NO/c13-10-5-4-9(6-11(10)14)17-7-8-2-1-3-12(15)16-8/h1-6H,7H2. The van der Waals surface area contributed by atoms with Gasteiger partial charge in [-0.1, -0.05) is 40.9 Å². The van der Waals surface area contributed by atoms with Gasteiger partial charge in [-0.05, 0) is 24.3 Å². The molecule has 2 nitrogen and oxygen atoms in total. The van der Waals surface area contributed by atoms with Crippen LogP contribution in [0, 0.1) is 0 Å². The third-order valence-corrected chi connectivity index (χ3v) is 3.00. The zero-order valence-electron chi connectivity index (χ0n) is 8.66. The maximum Gasteiger partial charge on any atom is 0.130 e. The molecule has 0 fully saturated rings. The lowest BCUT2D eigenvalue weighted by Gasteiger charge is -2.06. The predicted octanol–water partition coefficient (Wildman–Crippen LogP) is 4.62. The van der Waals surface area contributed by atoms with Crippen molar-refractivity contribution in [2.45, 2.75) is 6.61 Å². The van der Waals surface area contributed by atoms with Crippen molar-refractivity contribution in [2.75, 3.05) is 0 Å². The van der Waals surface area contributed by atoms with E-state index in [0.29, 0.717) is 27.6 Å². The fourth-order valence-electron chi connectivity index (χ4n) is 1.25. The van der Waals surface area contributed by atoms with Crippen molar-refractivity contribution in [1.29, 1.82) is 0 Å². The number of nitrogens with zero attached hydrogens (tertiary/aromatic N) is 1. The van der Waals surface area contributed by atoms with Crippen LogP contribution in [0.4, 0.5) is 0 Å². The van der Waals surface area contributed by atoms with Crippen molar-refractivity contribution in [2.24, 2.45) is 0 Å². The van der Waals surface area contributed by atoms with E-state index >= 15 is 0 Å². The van der Waals surface area contributed by atoms with E-state index in [4.69, 9.17) is 39.5 Å². The van der Waals surface area contributed by atoms with Crippen molar-refractivity contribution in [3.05, 3.63) is 57.3 Å². The van der Waals surface area contributed by atoms with E-state index in [-0.39, 0.29) is 0 Å². The summed E-state index contributed by atoms with van der Waals surface area (Å²) in [4.78, 5) is 4.11. The third kappa shape index (κ3) is 3.50. The molecule has 0 amide bonds. The molecule has 2 rings (SSSR count). The van der Waals surface area contributed by atoms with Gasteiger partial charge in [-0.25, -0.2) is 4.98 Å². The van der Waals surface area contributed by atoms with Crippen LogP contribution in [0.15, 0.2) is 36.4 Å². The van der Waals surface area contributed by atoms with Crippen LogP contribution in [0.5, 0.6) is 5.75 Å². The highest BCUT2D eigenvalue weighted by Gasteiger charge is 2.01. The van der Waals surface area contributed by atoms with Crippen molar-refractivity contribution >= 4 is 34.8 Å². The smallest absolute Gasteiger partial charge is 0.130 e. The van der Waals surface area contributed by atoms with E-state index in [2.05, 4.69) is 4.98 Å². The summed E-state index contributed by atoms with van der Waals surface area (Å²) in [5.41, 5.74) is 0.753. The quantitative estimate of drug-likeness (QED) is 0.769. The van der Waals surface area contributed by atoms with Crippen LogP contribution in [0.2, 0.25) is 15.2 Å². The molecule has 0 radical (unpaired) electrons. The van der Waals surface area contributed by atoms with Gasteiger partial charge in [0.05, 0.1) is 15.7 Å².